The zero-order valence-corrected chi connectivity index (χ0v) is 15.3. The Balaban J connectivity index is 1.96. The van der Waals surface area contributed by atoms with Crippen LogP contribution in [0.2, 0.25) is 0 Å². The van der Waals surface area contributed by atoms with Gasteiger partial charge in [-0.1, -0.05) is 0 Å². The molecule has 142 valence electrons. The largest absolute Gasteiger partial charge is 0.462 e. The van der Waals surface area contributed by atoms with Crippen molar-refractivity contribution in [2.45, 2.75) is 13.8 Å². The Bertz CT molecular complexity index is 1080. The molecule has 2 aromatic carbocycles. The van der Waals surface area contributed by atoms with Crippen LogP contribution in [0.3, 0.4) is 0 Å². The number of pyridine rings is 1. The molecule has 0 aliphatic carbocycles. The molecular formula is C20H17N3O5. The van der Waals surface area contributed by atoms with Crippen LogP contribution in [0.4, 0.5) is 11.4 Å². The number of ether oxygens (including phenoxy) is 1. The van der Waals surface area contributed by atoms with Crippen molar-refractivity contribution in [1.82, 2.24) is 4.98 Å². The summed E-state index contributed by atoms with van der Waals surface area (Å²) in [5.41, 5.74) is 2.32. The van der Waals surface area contributed by atoms with Gasteiger partial charge in [-0.05, 0) is 50.2 Å². The van der Waals surface area contributed by atoms with Gasteiger partial charge in [-0.15, -0.1) is 0 Å². The molecule has 0 aliphatic heterocycles. The van der Waals surface area contributed by atoms with E-state index < -0.39 is 16.8 Å². The van der Waals surface area contributed by atoms with Gasteiger partial charge in [-0.25, -0.2) is 4.79 Å². The van der Waals surface area contributed by atoms with Crippen LogP contribution >= 0.6 is 0 Å². The first kappa shape index (κ1) is 19.0. The van der Waals surface area contributed by atoms with Crippen molar-refractivity contribution in [1.29, 1.82) is 0 Å². The van der Waals surface area contributed by atoms with E-state index in [0.29, 0.717) is 27.8 Å². The molecule has 1 heterocycles. The highest BCUT2D eigenvalue weighted by atomic mass is 16.6. The fraction of sp³-hybridized carbons (Fsp3) is 0.150. The molecule has 0 unspecified atom stereocenters. The molecule has 0 bridgehead atoms. The zero-order chi connectivity index (χ0) is 20.3. The van der Waals surface area contributed by atoms with Gasteiger partial charge in [0, 0.05) is 28.8 Å². The van der Waals surface area contributed by atoms with Gasteiger partial charge in [-0.2, -0.15) is 0 Å². The number of carbonyl (C=O) groups excluding carboxylic acids is 2. The molecule has 3 rings (SSSR count). The van der Waals surface area contributed by atoms with Gasteiger partial charge in [0.25, 0.3) is 11.6 Å². The third kappa shape index (κ3) is 3.96. The van der Waals surface area contributed by atoms with Crippen LogP contribution in [0.1, 0.15) is 33.3 Å². The van der Waals surface area contributed by atoms with Crippen molar-refractivity contribution < 1.29 is 19.2 Å². The normalized spacial score (nSPS) is 10.5. The summed E-state index contributed by atoms with van der Waals surface area (Å²) < 4.78 is 5.02. The van der Waals surface area contributed by atoms with E-state index >= 15 is 0 Å². The molecule has 28 heavy (non-hydrogen) atoms. The number of aromatic nitrogens is 1. The molecule has 0 radical (unpaired) electrons. The predicted molar refractivity (Wildman–Crippen MR) is 103 cm³/mol. The molecule has 8 heteroatoms. The summed E-state index contributed by atoms with van der Waals surface area (Å²) in [4.78, 5) is 39.2. The predicted octanol–water partition coefficient (Wildman–Crippen LogP) is 3.88. The molecule has 3 aromatic rings. The number of esters is 1. The number of benzene rings is 2. The minimum atomic E-state index is -0.529. The number of hydrogen-bond acceptors (Lipinski definition) is 6. The number of amides is 1. The quantitative estimate of drug-likeness (QED) is 0.409. The van der Waals surface area contributed by atoms with Crippen LogP contribution < -0.4 is 5.32 Å². The molecular weight excluding hydrogens is 362 g/mol. The number of non-ortho nitro benzene ring substituents is 1. The number of nitrogens with zero attached hydrogens (tertiary/aromatic N) is 2. The Hall–Kier alpha value is -3.81. The lowest BCUT2D eigenvalue weighted by molar-refractivity contribution is -0.384. The van der Waals surface area contributed by atoms with Gasteiger partial charge >= 0.3 is 5.97 Å². The van der Waals surface area contributed by atoms with Gasteiger partial charge in [0.05, 0.1) is 28.3 Å². The maximum absolute atomic E-state index is 12.6. The van der Waals surface area contributed by atoms with Gasteiger partial charge < -0.3 is 10.1 Å². The Labute approximate surface area is 160 Å². The van der Waals surface area contributed by atoms with Gasteiger partial charge in [0.15, 0.2) is 0 Å². The summed E-state index contributed by atoms with van der Waals surface area (Å²) in [7, 11) is 0. The van der Waals surface area contributed by atoms with E-state index in [1.165, 1.54) is 24.3 Å². The van der Waals surface area contributed by atoms with Crippen LogP contribution in [0.5, 0.6) is 0 Å². The lowest BCUT2D eigenvalue weighted by atomic mass is 10.1. The molecule has 0 saturated heterocycles. The van der Waals surface area contributed by atoms with Crippen LogP contribution in [0.15, 0.2) is 48.5 Å². The topological polar surface area (TPSA) is 111 Å². The van der Waals surface area contributed by atoms with E-state index in [-0.39, 0.29) is 17.9 Å². The minimum Gasteiger partial charge on any atom is -0.462 e. The Kier molecular flexibility index (Phi) is 5.30. The number of fused-ring (bicyclic) bond motifs is 1. The molecule has 0 spiro atoms. The smallest absolute Gasteiger partial charge is 0.338 e. The summed E-state index contributed by atoms with van der Waals surface area (Å²) in [6.07, 6.45) is 0. The summed E-state index contributed by atoms with van der Waals surface area (Å²) in [6, 6.07) is 11.9. The van der Waals surface area contributed by atoms with E-state index in [0.717, 1.165) is 0 Å². The molecule has 1 amide bonds. The highest BCUT2D eigenvalue weighted by Gasteiger charge is 2.14. The molecule has 0 fully saturated rings. The average molecular weight is 379 g/mol. The Morgan fingerprint density at radius 1 is 1.11 bits per heavy atom. The maximum Gasteiger partial charge on any atom is 0.338 e. The summed E-state index contributed by atoms with van der Waals surface area (Å²) in [6.45, 7) is 3.77. The van der Waals surface area contributed by atoms with Crippen LogP contribution in [0.25, 0.3) is 10.9 Å². The molecule has 0 atom stereocenters. The molecule has 1 N–H and O–H groups in total. The van der Waals surface area contributed by atoms with Gasteiger partial charge in [0.1, 0.15) is 0 Å². The first-order chi connectivity index (χ1) is 13.4. The van der Waals surface area contributed by atoms with Crippen molar-refractivity contribution in [2.75, 3.05) is 11.9 Å². The summed E-state index contributed by atoms with van der Waals surface area (Å²) >= 11 is 0. The van der Waals surface area contributed by atoms with E-state index in [1.54, 1.807) is 38.1 Å². The second-order valence-corrected chi connectivity index (χ2v) is 6.02. The van der Waals surface area contributed by atoms with Crippen molar-refractivity contribution in [3.05, 3.63) is 75.5 Å². The monoisotopic (exact) mass is 379 g/mol. The SMILES string of the molecule is CCOC(=O)c1ccc2nc(C)cc(NC(=O)c3ccc([N+](=O)[O-])cc3)c2c1. The van der Waals surface area contributed by atoms with E-state index in [9.17, 15) is 19.7 Å². The van der Waals surface area contributed by atoms with E-state index in [1.807, 2.05) is 0 Å². The number of nitro benzene ring substituents is 1. The van der Waals surface area contributed by atoms with Crippen molar-refractivity contribution in [3.63, 3.8) is 0 Å². The lowest BCUT2D eigenvalue weighted by Crippen LogP contribution is -2.13. The molecule has 1 aromatic heterocycles. The average Bonchev–Trinajstić information content (AvgIpc) is 2.67. The summed E-state index contributed by atoms with van der Waals surface area (Å²) in [5, 5.41) is 14.1. The maximum atomic E-state index is 12.6. The Morgan fingerprint density at radius 2 is 1.79 bits per heavy atom. The second kappa shape index (κ2) is 7.83. The zero-order valence-electron chi connectivity index (χ0n) is 15.3. The first-order valence-electron chi connectivity index (χ1n) is 8.53. The van der Waals surface area contributed by atoms with Crippen LogP contribution in [0, 0.1) is 17.0 Å². The van der Waals surface area contributed by atoms with Crippen LogP contribution in [-0.4, -0.2) is 28.4 Å². The summed E-state index contributed by atoms with van der Waals surface area (Å²) in [5.74, 6) is -0.888. The highest BCUT2D eigenvalue weighted by Crippen LogP contribution is 2.25. The molecule has 0 saturated carbocycles. The molecule has 8 nitrogen and oxygen atoms in total. The second-order valence-electron chi connectivity index (χ2n) is 6.02. The number of nitrogens with one attached hydrogen (secondary N) is 1. The van der Waals surface area contributed by atoms with Gasteiger partial charge in [0.2, 0.25) is 0 Å². The number of aryl methyl sites for hydroxylation is 1. The fourth-order valence-electron chi connectivity index (χ4n) is 2.73. The van der Waals surface area contributed by atoms with Crippen LogP contribution in [-0.2, 0) is 4.74 Å². The highest BCUT2D eigenvalue weighted by molar-refractivity contribution is 6.09. The number of carbonyl (C=O) groups is 2. The number of anilines is 1. The van der Waals surface area contributed by atoms with Crippen molar-refractivity contribution in [2.24, 2.45) is 0 Å². The lowest BCUT2D eigenvalue weighted by Gasteiger charge is -2.11. The number of rotatable bonds is 5. The van der Waals surface area contributed by atoms with Crippen molar-refractivity contribution in [3.8, 4) is 0 Å². The van der Waals surface area contributed by atoms with Gasteiger partial charge in [-0.3, -0.25) is 19.9 Å². The van der Waals surface area contributed by atoms with Crippen molar-refractivity contribution >= 4 is 34.2 Å². The van der Waals surface area contributed by atoms with E-state index in [2.05, 4.69) is 10.3 Å². The number of nitro groups is 1. The third-order valence-corrected chi connectivity index (χ3v) is 4.04. The third-order valence-electron chi connectivity index (χ3n) is 4.04. The fourth-order valence-corrected chi connectivity index (χ4v) is 2.73. The van der Waals surface area contributed by atoms with E-state index in [4.69, 9.17) is 4.74 Å². The Morgan fingerprint density at radius 3 is 2.43 bits per heavy atom. The number of hydrogen-bond donors (Lipinski definition) is 1. The molecule has 0 aliphatic rings. The standard InChI is InChI=1S/C20H17N3O5/c1-3-28-20(25)14-6-9-17-16(11-14)18(10-12(2)21-17)22-19(24)13-4-7-15(8-5-13)23(26)27/h4-11H,3H2,1-2H3,(H,21,22,24). The first-order valence-corrected chi connectivity index (χ1v) is 8.53. The minimum absolute atomic E-state index is 0.0965.